The number of allylic oxidation sites excluding steroid dienone is 7. The number of rotatable bonds is 5. The molecule has 1 aliphatic carbocycles. The van der Waals surface area contributed by atoms with Gasteiger partial charge >= 0.3 is 5.97 Å². The highest BCUT2D eigenvalue weighted by atomic mass is 16.5. The van der Waals surface area contributed by atoms with Gasteiger partial charge in [0, 0.05) is 47.6 Å². The second-order valence-corrected chi connectivity index (χ2v) is 11.7. The highest BCUT2D eigenvalue weighted by Crippen LogP contribution is 2.47. The van der Waals surface area contributed by atoms with E-state index in [9.17, 15) is 4.79 Å². The molecule has 39 heavy (non-hydrogen) atoms. The number of para-hydroxylation sites is 2. The van der Waals surface area contributed by atoms with Crippen LogP contribution in [0.4, 0.5) is 11.4 Å². The maximum Gasteiger partial charge on any atom is 0.335 e. The maximum absolute atomic E-state index is 12.4. The van der Waals surface area contributed by atoms with E-state index in [4.69, 9.17) is 4.74 Å². The number of likely N-dealkylation sites (N-methyl/N-ethyl adjacent to an activating group) is 1. The Balaban J connectivity index is 1.54. The molecule has 4 heteroatoms. The van der Waals surface area contributed by atoms with Crippen LogP contribution in [0.1, 0.15) is 58.1 Å². The summed E-state index contributed by atoms with van der Waals surface area (Å²) in [6.07, 6.45) is 12.6. The lowest BCUT2D eigenvalue weighted by Gasteiger charge is -2.24. The molecule has 200 valence electrons. The van der Waals surface area contributed by atoms with Crippen LogP contribution in [0.25, 0.3) is 0 Å². The summed E-state index contributed by atoms with van der Waals surface area (Å²) in [5.41, 5.74) is 9.37. The van der Waals surface area contributed by atoms with E-state index >= 15 is 0 Å². The first-order valence-corrected chi connectivity index (χ1v) is 13.8. The number of hydrogen-bond donors (Lipinski definition) is 0. The fraction of sp³-hybridized carbons (Fsp3) is 0.314. The predicted octanol–water partition coefficient (Wildman–Crippen LogP) is 7.65. The summed E-state index contributed by atoms with van der Waals surface area (Å²) >= 11 is 0. The lowest BCUT2D eigenvalue weighted by atomic mass is 9.81. The molecule has 0 radical (unpaired) electrons. The number of anilines is 1. The van der Waals surface area contributed by atoms with Gasteiger partial charge in [-0.1, -0.05) is 62.9 Å². The number of fused-ring (bicyclic) bond motifs is 2. The van der Waals surface area contributed by atoms with Gasteiger partial charge in [-0.15, -0.1) is 0 Å². The fourth-order valence-corrected chi connectivity index (χ4v) is 6.46. The molecule has 2 aromatic carbocycles. The van der Waals surface area contributed by atoms with E-state index in [1.165, 1.54) is 40.0 Å². The molecular formula is C35H39N2O2+. The summed E-state index contributed by atoms with van der Waals surface area (Å²) in [6.45, 7) is 12.7. The van der Waals surface area contributed by atoms with Crippen LogP contribution in [0, 0.1) is 0 Å². The van der Waals surface area contributed by atoms with E-state index < -0.39 is 5.97 Å². The van der Waals surface area contributed by atoms with E-state index in [-0.39, 0.29) is 10.8 Å². The van der Waals surface area contributed by atoms with Gasteiger partial charge in [-0.05, 0) is 68.0 Å². The number of carbonyl (C=O) groups excluding carboxylic acids is 1. The highest BCUT2D eigenvalue weighted by Gasteiger charge is 2.42. The number of carbonyl (C=O) groups is 1. The molecule has 5 rings (SSSR count). The van der Waals surface area contributed by atoms with Gasteiger partial charge in [-0.25, -0.2) is 4.79 Å². The van der Waals surface area contributed by atoms with Crippen LogP contribution in [0.3, 0.4) is 0 Å². The van der Waals surface area contributed by atoms with Crippen LogP contribution >= 0.6 is 0 Å². The molecule has 0 unspecified atom stereocenters. The zero-order valence-electron chi connectivity index (χ0n) is 24.0. The molecule has 2 heterocycles. The summed E-state index contributed by atoms with van der Waals surface area (Å²) in [4.78, 5) is 14.7. The topological polar surface area (TPSA) is 32.6 Å². The first kappa shape index (κ1) is 26.7. The average molecular weight is 520 g/mol. The quantitative estimate of drug-likeness (QED) is 0.231. The van der Waals surface area contributed by atoms with Gasteiger partial charge in [0.2, 0.25) is 5.69 Å². The van der Waals surface area contributed by atoms with Crippen LogP contribution in [0.5, 0.6) is 0 Å². The minimum Gasteiger partial charge on any atom is -0.423 e. The Hall–Kier alpha value is -3.92. The molecule has 2 aliphatic heterocycles. The van der Waals surface area contributed by atoms with Gasteiger partial charge in [0.1, 0.15) is 12.8 Å². The van der Waals surface area contributed by atoms with Gasteiger partial charge in [-0.2, -0.15) is 4.58 Å². The molecule has 2 aromatic rings. The van der Waals surface area contributed by atoms with Crippen LogP contribution < -0.4 is 4.90 Å². The number of nitrogens with zero attached hydrogens (tertiary/aromatic N) is 2. The minimum atomic E-state index is -0.430. The Morgan fingerprint density at radius 2 is 1.64 bits per heavy atom. The molecule has 0 aromatic heterocycles. The van der Waals surface area contributed by atoms with Crippen LogP contribution in [-0.4, -0.2) is 30.4 Å². The van der Waals surface area contributed by atoms with Crippen molar-refractivity contribution in [2.45, 2.75) is 57.8 Å². The Kier molecular flexibility index (Phi) is 6.84. The zero-order valence-corrected chi connectivity index (χ0v) is 24.0. The van der Waals surface area contributed by atoms with Crippen molar-refractivity contribution in [2.75, 3.05) is 19.0 Å². The Bertz CT molecular complexity index is 1510. The van der Waals surface area contributed by atoms with Crippen molar-refractivity contribution < 1.29 is 14.1 Å². The monoisotopic (exact) mass is 519 g/mol. The van der Waals surface area contributed by atoms with Crippen LogP contribution in [-0.2, 0) is 20.4 Å². The van der Waals surface area contributed by atoms with Crippen molar-refractivity contribution in [1.82, 2.24) is 0 Å². The largest absolute Gasteiger partial charge is 0.423 e. The maximum atomic E-state index is 12.4. The Morgan fingerprint density at radius 3 is 2.33 bits per heavy atom. The Morgan fingerprint density at radius 1 is 0.949 bits per heavy atom. The highest BCUT2D eigenvalue weighted by molar-refractivity contribution is 6.03. The SMILES string of the molecule is C=CC(=O)OC1=C(/C=C/C2=[N+](C)c3ccccc3C2(C)C)CCC/C1=C\C=C1\N(C)c2ccccc2C1(C)C. The molecule has 0 bridgehead atoms. The van der Waals surface area contributed by atoms with E-state index in [0.29, 0.717) is 5.76 Å². The first-order chi connectivity index (χ1) is 18.6. The van der Waals surface area contributed by atoms with Crippen molar-refractivity contribution in [3.63, 3.8) is 0 Å². The van der Waals surface area contributed by atoms with Crippen LogP contribution in [0.15, 0.2) is 108 Å². The smallest absolute Gasteiger partial charge is 0.335 e. The van der Waals surface area contributed by atoms with Crippen molar-refractivity contribution in [3.8, 4) is 0 Å². The third-order valence-corrected chi connectivity index (χ3v) is 8.61. The van der Waals surface area contributed by atoms with Gasteiger partial charge in [0.25, 0.3) is 0 Å². The second-order valence-electron chi connectivity index (χ2n) is 11.7. The fourth-order valence-electron chi connectivity index (χ4n) is 6.46. The predicted molar refractivity (Wildman–Crippen MR) is 161 cm³/mol. The summed E-state index contributed by atoms with van der Waals surface area (Å²) in [5.74, 6) is 0.229. The molecule has 4 nitrogen and oxygen atoms in total. The average Bonchev–Trinajstić information content (AvgIpc) is 3.24. The Labute approximate surface area is 233 Å². The lowest BCUT2D eigenvalue weighted by Crippen LogP contribution is -2.26. The minimum absolute atomic E-state index is 0.119. The molecule has 0 saturated heterocycles. The molecular weight excluding hydrogens is 480 g/mol. The van der Waals surface area contributed by atoms with Gasteiger partial charge in [0.15, 0.2) is 5.71 Å². The molecule has 0 N–H and O–H groups in total. The third kappa shape index (κ3) is 4.52. The second kappa shape index (κ2) is 10.00. The van der Waals surface area contributed by atoms with E-state index in [0.717, 1.165) is 30.4 Å². The van der Waals surface area contributed by atoms with Gasteiger partial charge in [0.05, 0.1) is 5.41 Å². The number of hydrogen-bond acceptors (Lipinski definition) is 3. The van der Waals surface area contributed by atoms with E-state index in [2.05, 4.69) is 131 Å². The van der Waals surface area contributed by atoms with E-state index in [1.807, 2.05) is 0 Å². The first-order valence-electron chi connectivity index (χ1n) is 13.8. The lowest BCUT2D eigenvalue weighted by molar-refractivity contribution is -0.401. The molecule has 3 aliphatic rings. The number of esters is 1. The molecule has 0 fully saturated rings. The van der Waals surface area contributed by atoms with Crippen molar-refractivity contribution in [1.29, 1.82) is 0 Å². The normalized spacial score (nSPS) is 21.6. The summed E-state index contributed by atoms with van der Waals surface area (Å²) in [5, 5.41) is 0. The molecule has 0 spiro atoms. The zero-order chi connectivity index (χ0) is 27.9. The standard InChI is InChI=1S/C35H39N2O2/c1-8-32(38)39-33-24(20-22-30-34(2,3)26-16-9-11-18-28(26)36(30)6)14-13-15-25(33)21-23-31-35(4,5)27-17-10-12-19-29(27)37(31)7/h8-12,16-23H,1,13-15H2,2-7H3/q+1. The summed E-state index contributed by atoms with van der Waals surface area (Å²) < 4.78 is 8.18. The van der Waals surface area contributed by atoms with Crippen molar-refractivity contribution in [3.05, 3.63) is 119 Å². The van der Waals surface area contributed by atoms with E-state index in [1.54, 1.807) is 0 Å². The number of ether oxygens (including phenoxy) is 1. The molecule has 0 atom stereocenters. The van der Waals surface area contributed by atoms with Gasteiger partial charge in [-0.3, -0.25) is 0 Å². The molecule has 0 saturated carbocycles. The third-order valence-electron chi connectivity index (χ3n) is 8.61. The van der Waals surface area contributed by atoms with Gasteiger partial charge < -0.3 is 9.64 Å². The van der Waals surface area contributed by atoms with Crippen molar-refractivity contribution >= 4 is 23.1 Å². The molecule has 0 amide bonds. The number of benzene rings is 2. The summed E-state index contributed by atoms with van der Waals surface area (Å²) in [7, 11) is 4.24. The summed E-state index contributed by atoms with van der Waals surface area (Å²) in [6, 6.07) is 17.1. The van der Waals surface area contributed by atoms with Crippen LogP contribution in [0.2, 0.25) is 0 Å². The van der Waals surface area contributed by atoms with Crippen molar-refractivity contribution in [2.24, 2.45) is 0 Å².